The molecule has 1 saturated heterocycles. The minimum Gasteiger partial charge on any atom is -0.378 e. The number of alkyl halides is 1. The molecule has 1 aromatic heterocycles. The fourth-order valence-electron chi connectivity index (χ4n) is 3.22. The number of benzene rings is 1. The van der Waals surface area contributed by atoms with Crippen molar-refractivity contribution in [2.75, 3.05) is 6.61 Å². The second-order valence-corrected chi connectivity index (χ2v) is 6.61. The molecule has 0 aliphatic carbocycles. The van der Waals surface area contributed by atoms with E-state index in [-0.39, 0.29) is 5.38 Å². The van der Waals surface area contributed by atoms with E-state index in [0.29, 0.717) is 6.10 Å². The Morgan fingerprint density at radius 2 is 2.29 bits per heavy atom. The van der Waals surface area contributed by atoms with Gasteiger partial charge in [0.05, 0.1) is 22.5 Å². The van der Waals surface area contributed by atoms with Crippen LogP contribution in [0.1, 0.15) is 49.4 Å². The Labute approximate surface area is 131 Å². The molecule has 0 radical (unpaired) electrons. The molecule has 1 aromatic carbocycles. The van der Waals surface area contributed by atoms with Crippen molar-refractivity contribution in [1.29, 1.82) is 0 Å². The Bertz CT molecular complexity index is 615. The summed E-state index contributed by atoms with van der Waals surface area (Å²) in [5.74, 6) is 0.969. The van der Waals surface area contributed by atoms with Crippen LogP contribution in [0.3, 0.4) is 0 Å². The van der Waals surface area contributed by atoms with Gasteiger partial charge >= 0.3 is 0 Å². The summed E-state index contributed by atoms with van der Waals surface area (Å²) in [5.41, 5.74) is 3.52. The minimum absolute atomic E-state index is 0.0796. The quantitative estimate of drug-likeness (QED) is 0.772. The number of halogens is 1. The average molecular weight is 307 g/mol. The normalized spacial score (nSPS) is 20.8. The lowest BCUT2D eigenvalue weighted by molar-refractivity contribution is 0.00886. The summed E-state index contributed by atoms with van der Waals surface area (Å²) < 4.78 is 8.14. The van der Waals surface area contributed by atoms with E-state index in [1.54, 1.807) is 0 Å². The molecule has 3 nitrogen and oxygen atoms in total. The lowest BCUT2D eigenvalue weighted by Crippen LogP contribution is -2.21. The van der Waals surface area contributed by atoms with Crippen LogP contribution in [-0.2, 0) is 11.3 Å². The lowest BCUT2D eigenvalue weighted by Gasteiger charge is -2.23. The highest BCUT2D eigenvalue weighted by Crippen LogP contribution is 2.28. The maximum atomic E-state index is 6.34. The zero-order valence-electron chi connectivity index (χ0n) is 12.8. The van der Waals surface area contributed by atoms with Crippen molar-refractivity contribution < 1.29 is 4.74 Å². The fraction of sp³-hybridized carbons (Fsp3) is 0.588. The van der Waals surface area contributed by atoms with Gasteiger partial charge in [-0.1, -0.05) is 12.1 Å². The Balaban J connectivity index is 1.89. The standard InChI is InChI=1S/C17H23ClN2O/c1-12-6-5-8-15-16(12)20(17(19-15)13(2)18)10-9-14-7-3-4-11-21-14/h5-6,8,13-14H,3-4,7,9-11H2,1-2H3. The van der Waals surface area contributed by atoms with Crippen molar-refractivity contribution in [1.82, 2.24) is 9.55 Å². The maximum absolute atomic E-state index is 6.34. The number of para-hydroxylation sites is 1. The second-order valence-electron chi connectivity index (χ2n) is 5.96. The predicted octanol–water partition coefficient (Wildman–Crippen LogP) is 4.60. The summed E-state index contributed by atoms with van der Waals surface area (Å²) in [6.07, 6.45) is 5.09. The Morgan fingerprint density at radius 3 is 3.00 bits per heavy atom. The molecule has 4 heteroatoms. The van der Waals surface area contributed by atoms with Crippen molar-refractivity contribution in [2.45, 2.75) is 57.6 Å². The first-order valence-electron chi connectivity index (χ1n) is 7.88. The van der Waals surface area contributed by atoms with Crippen LogP contribution in [-0.4, -0.2) is 22.3 Å². The maximum Gasteiger partial charge on any atom is 0.127 e. The number of hydrogen-bond donors (Lipinski definition) is 0. The van der Waals surface area contributed by atoms with Crippen LogP contribution < -0.4 is 0 Å². The van der Waals surface area contributed by atoms with Gasteiger partial charge in [0.15, 0.2) is 0 Å². The Hall–Kier alpha value is -1.06. The largest absolute Gasteiger partial charge is 0.378 e. The minimum atomic E-state index is -0.0796. The van der Waals surface area contributed by atoms with E-state index in [2.05, 4.69) is 29.7 Å². The molecule has 1 fully saturated rings. The molecular formula is C17H23ClN2O. The van der Waals surface area contributed by atoms with Crippen LogP contribution in [0.4, 0.5) is 0 Å². The fourth-order valence-corrected chi connectivity index (χ4v) is 3.39. The molecule has 2 unspecified atom stereocenters. The van der Waals surface area contributed by atoms with Gasteiger partial charge in [0.2, 0.25) is 0 Å². The van der Waals surface area contributed by atoms with Crippen LogP contribution in [0, 0.1) is 6.92 Å². The van der Waals surface area contributed by atoms with E-state index in [4.69, 9.17) is 21.3 Å². The molecule has 2 heterocycles. The summed E-state index contributed by atoms with van der Waals surface area (Å²) >= 11 is 6.34. The molecule has 3 rings (SSSR count). The molecule has 0 saturated carbocycles. The van der Waals surface area contributed by atoms with Gasteiger partial charge in [-0.15, -0.1) is 11.6 Å². The van der Waals surface area contributed by atoms with Crippen molar-refractivity contribution in [2.24, 2.45) is 0 Å². The van der Waals surface area contributed by atoms with Gasteiger partial charge in [-0.3, -0.25) is 0 Å². The van der Waals surface area contributed by atoms with Gasteiger partial charge in [0.1, 0.15) is 5.82 Å². The number of imidazole rings is 1. The molecule has 1 aliphatic rings. The zero-order valence-corrected chi connectivity index (χ0v) is 13.6. The highest BCUT2D eigenvalue weighted by Gasteiger charge is 2.19. The highest BCUT2D eigenvalue weighted by atomic mass is 35.5. The van der Waals surface area contributed by atoms with E-state index < -0.39 is 0 Å². The van der Waals surface area contributed by atoms with Crippen molar-refractivity contribution in [3.63, 3.8) is 0 Å². The van der Waals surface area contributed by atoms with Gasteiger partial charge in [0.25, 0.3) is 0 Å². The Kier molecular flexibility index (Phi) is 4.51. The van der Waals surface area contributed by atoms with Crippen LogP contribution in [0.15, 0.2) is 18.2 Å². The van der Waals surface area contributed by atoms with E-state index in [9.17, 15) is 0 Å². The van der Waals surface area contributed by atoms with Gasteiger partial charge in [0, 0.05) is 13.2 Å². The summed E-state index contributed by atoms with van der Waals surface area (Å²) in [6.45, 7) is 5.97. The number of hydrogen-bond acceptors (Lipinski definition) is 2. The summed E-state index contributed by atoms with van der Waals surface area (Å²) in [6, 6.07) is 6.26. The van der Waals surface area contributed by atoms with Gasteiger partial charge in [-0.2, -0.15) is 0 Å². The smallest absolute Gasteiger partial charge is 0.127 e. The van der Waals surface area contributed by atoms with E-state index in [0.717, 1.165) is 30.9 Å². The molecule has 0 spiro atoms. The topological polar surface area (TPSA) is 27.1 Å². The molecular weight excluding hydrogens is 284 g/mol. The first-order valence-corrected chi connectivity index (χ1v) is 8.32. The third kappa shape index (κ3) is 3.09. The monoisotopic (exact) mass is 306 g/mol. The molecule has 1 aliphatic heterocycles. The number of fused-ring (bicyclic) bond motifs is 1. The van der Waals surface area contributed by atoms with Crippen molar-refractivity contribution in [3.05, 3.63) is 29.6 Å². The molecule has 114 valence electrons. The third-order valence-corrected chi connectivity index (χ3v) is 4.50. The lowest BCUT2D eigenvalue weighted by atomic mass is 10.1. The van der Waals surface area contributed by atoms with Crippen molar-refractivity contribution in [3.8, 4) is 0 Å². The number of rotatable bonds is 4. The molecule has 0 N–H and O–H groups in total. The van der Waals surface area contributed by atoms with Crippen LogP contribution in [0.5, 0.6) is 0 Å². The third-order valence-electron chi connectivity index (χ3n) is 4.30. The molecule has 0 amide bonds. The van der Waals surface area contributed by atoms with E-state index >= 15 is 0 Å². The van der Waals surface area contributed by atoms with E-state index in [1.807, 2.05) is 6.92 Å². The highest BCUT2D eigenvalue weighted by molar-refractivity contribution is 6.20. The number of aryl methyl sites for hydroxylation is 2. The molecule has 0 bridgehead atoms. The molecule has 21 heavy (non-hydrogen) atoms. The zero-order chi connectivity index (χ0) is 14.8. The van der Waals surface area contributed by atoms with Gasteiger partial charge < -0.3 is 9.30 Å². The van der Waals surface area contributed by atoms with Crippen LogP contribution in [0.2, 0.25) is 0 Å². The summed E-state index contributed by atoms with van der Waals surface area (Å²) in [7, 11) is 0. The average Bonchev–Trinajstić information content (AvgIpc) is 2.86. The van der Waals surface area contributed by atoms with Gasteiger partial charge in [-0.25, -0.2) is 4.98 Å². The Morgan fingerprint density at radius 1 is 1.43 bits per heavy atom. The SMILES string of the molecule is Cc1cccc2nc(C(C)Cl)n(CCC3CCCCO3)c12. The number of aromatic nitrogens is 2. The van der Waals surface area contributed by atoms with Crippen LogP contribution in [0.25, 0.3) is 11.0 Å². The van der Waals surface area contributed by atoms with Crippen molar-refractivity contribution >= 4 is 22.6 Å². The summed E-state index contributed by atoms with van der Waals surface area (Å²) in [4.78, 5) is 4.73. The van der Waals surface area contributed by atoms with E-state index in [1.165, 1.54) is 30.3 Å². The first-order chi connectivity index (χ1) is 10.2. The molecule has 2 atom stereocenters. The second kappa shape index (κ2) is 6.37. The first kappa shape index (κ1) is 14.9. The molecule has 2 aromatic rings. The van der Waals surface area contributed by atoms with Gasteiger partial charge in [-0.05, 0) is 51.2 Å². The summed E-state index contributed by atoms with van der Waals surface area (Å²) in [5, 5.41) is -0.0796. The number of ether oxygens (including phenoxy) is 1. The predicted molar refractivity (Wildman–Crippen MR) is 86.9 cm³/mol. The van der Waals surface area contributed by atoms with Crippen LogP contribution >= 0.6 is 11.6 Å². The number of nitrogens with zero attached hydrogens (tertiary/aromatic N) is 2.